The van der Waals surface area contributed by atoms with Crippen LogP contribution in [0.4, 0.5) is 0 Å². The predicted octanol–water partition coefficient (Wildman–Crippen LogP) is 6.95. The van der Waals surface area contributed by atoms with E-state index < -0.39 is 5.41 Å². The third-order valence-electron chi connectivity index (χ3n) is 4.09. The van der Waals surface area contributed by atoms with E-state index >= 15 is 0 Å². The maximum atomic E-state index is 12.7. The molecule has 154 valence electrons. The molecule has 1 aromatic heterocycles. The summed E-state index contributed by atoms with van der Waals surface area (Å²) >= 11 is 30.3. The van der Waals surface area contributed by atoms with Crippen LogP contribution in [-0.2, 0) is 4.79 Å². The van der Waals surface area contributed by atoms with Gasteiger partial charge in [-0.05, 0) is 19.3 Å². The second-order valence-corrected chi connectivity index (χ2v) is 9.14. The molecule has 0 spiro atoms. The lowest BCUT2D eigenvalue weighted by Gasteiger charge is -2.24. The van der Waals surface area contributed by atoms with Gasteiger partial charge >= 0.3 is 0 Å². The minimum atomic E-state index is -0.481. The van der Waals surface area contributed by atoms with E-state index in [1.54, 1.807) is 11.0 Å². The maximum absolute atomic E-state index is 12.7. The SMILES string of the molecule is CC(C)(C)C(=O)C(CCCCOc1c(Cl)c(Cl)c(Cl)c(Cl)c1Cl)n1cncn1. The van der Waals surface area contributed by atoms with E-state index in [1.165, 1.54) is 6.33 Å². The minimum absolute atomic E-state index is 0.0852. The lowest BCUT2D eigenvalue weighted by molar-refractivity contribution is -0.130. The zero-order chi connectivity index (χ0) is 21.1. The third kappa shape index (κ3) is 5.45. The first-order chi connectivity index (χ1) is 13.1. The van der Waals surface area contributed by atoms with Gasteiger partial charge in [0.15, 0.2) is 11.5 Å². The van der Waals surface area contributed by atoms with Crippen molar-refractivity contribution in [1.82, 2.24) is 14.8 Å². The fourth-order valence-corrected chi connectivity index (χ4v) is 3.82. The molecule has 1 heterocycles. The van der Waals surface area contributed by atoms with E-state index in [1.807, 2.05) is 20.8 Å². The lowest BCUT2D eigenvalue weighted by atomic mass is 9.85. The molecule has 0 amide bonds. The van der Waals surface area contributed by atoms with E-state index in [9.17, 15) is 4.79 Å². The number of Topliss-reactive ketones (excluding diaryl/α,β-unsaturated/α-hetero) is 1. The Balaban J connectivity index is 1.97. The summed E-state index contributed by atoms with van der Waals surface area (Å²) in [6.45, 7) is 5.99. The van der Waals surface area contributed by atoms with Crippen molar-refractivity contribution in [1.29, 1.82) is 0 Å². The summed E-state index contributed by atoms with van der Waals surface area (Å²) in [7, 11) is 0. The third-order valence-corrected chi connectivity index (χ3v) is 6.33. The summed E-state index contributed by atoms with van der Waals surface area (Å²) in [5.41, 5.74) is -0.481. The van der Waals surface area contributed by atoms with Crippen molar-refractivity contribution in [2.45, 2.75) is 46.1 Å². The van der Waals surface area contributed by atoms with Gasteiger partial charge in [0.25, 0.3) is 0 Å². The minimum Gasteiger partial charge on any atom is -0.490 e. The van der Waals surface area contributed by atoms with Crippen molar-refractivity contribution in [3.8, 4) is 5.75 Å². The monoisotopic (exact) mass is 485 g/mol. The number of ketones is 1. The number of hydrogen-bond donors (Lipinski definition) is 0. The highest BCUT2D eigenvalue weighted by Crippen LogP contribution is 2.48. The Morgan fingerprint density at radius 3 is 2.11 bits per heavy atom. The molecule has 2 rings (SSSR count). The van der Waals surface area contributed by atoms with Crippen molar-refractivity contribution in [2.75, 3.05) is 6.61 Å². The molecule has 0 aliphatic rings. The molecular weight excluding hydrogens is 467 g/mol. The first kappa shape index (κ1) is 23.6. The van der Waals surface area contributed by atoms with Gasteiger partial charge in [0.2, 0.25) is 0 Å². The summed E-state index contributed by atoms with van der Waals surface area (Å²) in [4.78, 5) is 16.7. The van der Waals surface area contributed by atoms with Crippen LogP contribution in [0.5, 0.6) is 5.75 Å². The van der Waals surface area contributed by atoms with Gasteiger partial charge in [-0.25, -0.2) is 9.67 Å². The Morgan fingerprint density at radius 2 is 1.61 bits per heavy atom. The molecule has 0 bridgehead atoms. The summed E-state index contributed by atoms with van der Waals surface area (Å²) in [5.74, 6) is 0.294. The Kier molecular flexibility index (Phi) is 8.29. The Hall–Kier alpha value is -0.720. The molecule has 5 nitrogen and oxygen atoms in total. The van der Waals surface area contributed by atoms with E-state index in [2.05, 4.69) is 10.1 Å². The van der Waals surface area contributed by atoms with E-state index in [0.717, 1.165) is 6.42 Å². The zero-order valence-electron chi connectivity index (χ0n) is 15.6. The molecule has 0 saturated heterocycles. The first-order valence-corrected chi connectivity index (χ1v) is 10.5. The molecule has 0 aliphatic carbocycles. The van der Waals surface area contributed by atoms with Gasteiger partial charge in [-0.15, -0.1) is 0 Å². The number of aromatic nitrogens is 3. The number of carbonyl (C=O) groups excluding carboxylic acids is 1. The topological polar surface area (TPSA) is 57.0 Å². The van der Waals surface area contributed by atoms with Crippen LogP contribution in [-0.4, -0.2) is 27.2 Å². The Bertz CT molecular complexity index is 806. The van der Waals surface area contributed by atoms with Crippen LogP contribution in [0.25, 0.3) is 0 Å². The molecule has 0 aliphatic heterocycles. The molecule has 1 aromatic carbocycles. The average Bonchev–Trinajstić information content (AvgIpc) is 3.17. The Morgan fingerprint density at radius 1 is 1.04 bits per heavy atom. The number of unbranched alkanes of at least 4 members (excludes halogenated alkanes) is 1. The molecule has 0 saturated carbocycles. The van der Waals surface area contributed by atoms with E-state index in [-0.39, 0.29) is 42.7 Å². The fourth-order valence-electron chi connectivity index (χ4n) is 2.59. The largest absolute Gasteiger partial charge is 0.490 e. The normalized spacial score (nSPS) is 12.9. The molecule has 1 atom stereocenters. The zero-order valence-corrected chi connectivity index (χ0v) is 19.4. The standard InChI is InChI=1S/C18H20Cl5N3O2/c1-18(2,3)17(27)10(26-9-24-8-25-26)6-4-5-7-28-16-14(22)12(20)11(19)13(21)15(16)23/h8-10H,4-7H2,1-3H3. The highest BCUT2D eigenvalue weighted by Gasteiger charge is 2.31. The average molecular weight is 488 g/mol. The van der Waals surface area contributed by atoms with Crippen LogP contribution in [0.2, 0.25) is 25.1 Å². The molecule has 28 heavy (non-hydrogen) atoms. The van der Waals surface area contributed by atoms with Gasteiger partial charge in [0, 0.05) is 5.41 Å². The van der Waals surface area contributed by atoms with Crippen LogP contribution in [0.3, 0.4) is 0 Å². The summed E-state index contributed by atoms with van der Waals surface area (Å²) in [5, 5.41) is 4.63. The van der Waals surface area contributed by atoms with Crippen LogP contribution < -0.4 is 4.74 Å². The number of hydrogen-bond acceptors (Lipinski definition) is 4. The number of halogens is 5. The van der Waals surface area contributed by atoms with Gasteiger partial charge in [0.05, 0.1) is 21.7 Å². The van der Waals surface area contributed by atoms with Gasteiger partial charge in [-0.3, -0.25) is 4.79 Å². The molecule has 0 N–H and O–H groups in total. The highest BCUT2D eigenvalue weighted by atomic mass is 35.5. The quantitative estimate of drug-likeness (QED) is 0.230. The molecular formula is C18H20Cl5N3O2. The molecule has 2 aromatic rings. The van der Waals surface area contributed by atoms with Crippen LogP contribution in [0.1, 0.15) is 46.1 Å². The van der Waals surface area contributed by atoms with Gasteiger partial charge in [-0.2, -0.15) is 5.10 Å². The van der Waals surface area contributed by atoms with Crippen molar-refractivity contribution in [3.05, 3.63) is 37.8 Å². The number of benzene rings is 1. The van der Waals surface area contributed by atoms with Crippen LogP contribution in [0, 0.1) is 5.41 Å². The van der Waals surface area contributed by atoms with Gasteiger partial charge < -0.3 is 4.74 Å². The number of carbonyl (C=O) groups is 1. The van der Waals surface area contributed by atoms with Crippen molar-refractivity contribution < 1.29 is 9.53 Å². The second kappa shape index (κ2) is 9.86. The van der Waals surface area contributed by atoms with Crippen molar-refractivity contribution in [2.24, 2.45) is 5.41 Å². The summed E-state index contributed by atoms with van der Waals surface area (Å²) < 4.78 is 7.27. The van der Waals surface area contributed by atoms with Gasteiger partial charge in [-0.1, -0.05) is 78.8 Å². The second-order valence-electron chi connectivity index (χ2n) is 7.25. The van der Waals surface area contributed by atoms with Crippen LogP contribution >= 0.6 is 58.0 Å². The first-order valence-electron chi connectivity index (χ1n) is 8.58. The Labute approximate surface area is 189 Å². The molecule has 10 heteroatoms. The van der Waals surface area contributed by atoms with Crippen molar-refractivity contribution >= 4 is 63.8 Å². The summed E-state index contributed by atoms with van der Waals surface area (Å²) in [6.07, 6.45) is 4.96. The molecule has 0 fully saturated rings. The fraction of sp³-hybridized carbons (Fsp3) is 0.500. The van der Waals surface area contributed by atoms with Crippen LogP contribution in [0.15, 0.2) is 12.7 Å². The lowest BCUT2D eigenvalue weighted by Crippen LogP contribution is -2.31. The predicted molar refractivity (Wildman–Crippen MR) is 114 cm³/mol. The molecule has 0 radical (unpaired) electrons. The smallest absolute Gasteiger partial charge is 0.162 e. The summed E-state index contributed by atoms with van der Waals surface area (Å²) in [6, 6.07) is -0.380. The number of ether oxygens (including phenoxy) is 1. The van der Waals surface area contributed by atoms with Crippen molar-refractivity contribution in [3.63, 3.8) is 0 Å². The number of rotatable bonds is 8. The highest BCUT2D eigenvalue weighted by molar-refractivity contribution is 6.55. The number of nitrogens with zero attached hydrogens (tertiary/aromatic N) is 3. The van der Waals surface area contributed by atoms with E-state index in [0.29, 0.717) is 19.4 Å². The maximum Gasteiger partial charge on any atom is 0.162 e. The molecule has 1 unspecified atom stereocenters. The van der Waals surface area contributed by atoms with E-state index in [4.69, 9.17) is 62.7 Å². The van der Waals surface area contributed by atoms with Gasteiger partial charge in [0.1, 0.15) is 28.7 Å².